The van der Waals surface area contributed by atoms with Gasteiger partial charge in [-0.3, -0.25) is 0 Å². The summed E-state index contributed by atoms with van der Waals surface area (Å²) in [6, 6.07) is 0. The fraction of sp³-hybridized carbons (Fsp3) is 1.00. The highest BCUT2D eigenvalue weighted by Gasteiger charge is 2.12. The Morgan fingerprint density at radius 3 is 2.89 bits per heavy atom. The van der Waals surface area contributed by atoms with Gasteiger partial charge in [0.05, 0.1) is 6.67 Å². The molecule has 0 aromatic rings. The minimum absolute atomic E-state index is 1.02. The molecule has 0 unspecified atom stereocenters. The zero-order chi connectivity index (χ0) is 6.69. The molecule has 0 bridgehead atoms. The molecular weight excluding hydrogens is 114 g/mol. The van der Waals surface area contributed by atoms with E-state index < -0.39 is 0 Å². The average molecular weight is 129 g/mol. The van der Waals surface area contributed by atoms with E-state index in [4.69, 9.17) is 0 Å². The molecule has 1 aliphatic heterocycles. The van der Waals surface area contributed by atoms with Gasteiger partial charge in [0.2, 0.25) is 0 Å². The molecule has 1 aliphatic rings. The quantitative estimate of drug-likeness (QED) is 0.553. The molecule has 0 aromatic heterocycles. The van der Waals surface area contributed by atoms with Crippen LogP contribution in [0.4, 0.5) is 0 Å². The van der Waals surface area contributed by atoms with E-state index in [1.807, 2.05) is 0 Å². The average Bonchev–Trinajstić information content (AvgIpc) is 2.37. The number of hydrogen-bond acceptors (Lipinski definition) is 3. The van der Waals surface area contributed by atoms with Crippen molar-refractivity contribution in [1.29, 1.82) is 0 Å². The van der Waals surface area contributed by atoms with Gasteiger partial charge in [0, 0.05) is 26.7 Å². The van der Waals surface area contributed by atoms with Crippen molar-refractivity contribution in [2.24, 2.45) is 0 Å². The molecule has 0 saturated carbocycles. The summed E-state index contributed by atoms with van der Waals surface area (Å²) in [4.78, 5) is 0. The van der Waals surface area contributed by atoms with Crippen LogP contribution in [0.5, 0.6) is 0 Å². The van der Waals surface area contributed by atoms with Crippen molar-refractivity contribution >= 4 is 0 Å². The molecule has 0 spiro atoms. The van der Waals surface area contributed by atoms with Crippen LogP contribution in [-0.2, 0) is 0 Å². The number of hydrazine groups is 1. The zero-order valence-electron chi connectivity index (χ0n) is 6.22. The molecule has 1 rings (SSSR count). The Morgan fingerprint density at radius 2 is 2.44 bits per heavy atom. The van der Waals surface area contributed by atoms with Gasteiger partial charge < -0.3 is 5.32 Å². The van der Waals surface area contributed by atoms with Gasteiger partial charge in [0.25, 0.3) is 0 Å². The lowest BCUT2D eigenvalue weighted by Crippen LogP contribution is -2.38. The lowest BCUT2D eigenvalue weighted by atomic mass is 10.6. The van der Waals surface area contributed by atoms with Crippen molar-refractivity contribution in [2.45, 2.75) is 6.92 Å². The molecule has 9 heavy (non-hydrogen) atoms. The first-order valence-electron chi connectivity index (χ1n) is 3.51. The molecule has 1 heterocycles. The van der Waals surface area contributed by atoms with E-state index in [1.54, 1.807) is 0 Å². The Balaban J connectivity index is 2.24. The van der Waals surface area contributed by atoms with Crippen LogP contribution in [0.3, 0.4) is 0 Å². The van der Waals surface area contributed by atoms with E-state index in [2.05, 4.69) is 29.3 Å². The normalized spacial score (nSPS) is 21.7. The minimum atomic E-state index is 1.02. The van der Waals surface area contributed by atoms with Crippen molar-refractivity contribution in [2.75, 3.05) is 33.4 Å². The van der Waals surface area contributed by atoms with Gasteiger partial charge in [-0.1, -0.05) is 6.92 Å². The van der Waals surface area contributed by atoms with Gasteiger partial charge >= 0.3 is 0 Å². The Morgan fingerprint density at radius 1 is 1.67 bits per heavy atom. The third kappa shape index (κ3) is 1.64. The third-order valence-electron chi connectivity index (χ3n) is 1.78. The second-order valence-electron chi connectivity index (χ2n) is 2.36. The lowest BCUT2D eigenvalue weighted by Gasteiger charge is -2.24. The van der Waals surface area contributed by atoms with Crippen LogP contribution < -0.4 is 5.32 Å². The lowest BCUT2D eigenvalue weighted by molar-refractivity contribution is 0.0290. The van der Waals surface area contributed by atoms with E-state index in [0.717, 1.165) is 26.3 Å². The molecule has 0 radical (unpaired) electrons. The monoisotopic (exact) mass is 129 g/mol. The number of hydrogen-bond donors (Lipinski definition) is 1. The number of nitrogens with one attached hydrogen (secondary N) is 1. The molecular formula is C6H15N3. The molecule has 0 amide bonds. The zero-order valence-corrected chi connectivity index (χ0v) is 6.22. The Kier molecular flexibility index (Phi) is 2.45. The second-order valence-corrected chi connectivity index (χ2v) is 2.36. The molecule has 0 atom stereocenters. The van der Waals surface area contributed by atoms with Crippen LogP contribution in [-0.4, -0.2) is 43.4 Å². The maximum absolute atomic E-state index is 3.27. The standard InChI is InChI=1S/C6H15N3/c1-3-8(2)9-5-4-7-6-9/h7H,3-6H2,1-2H3. The van der Waals surface area contributed by atoms with Crippen LogP contribution >= 0.6 is 0 Å². The highest BCUT2D eigenvalue weighted by Crippen LogP contribution is 1.95. The minimum Gasteiger partial charge on any atom is -0.302 e. The van der Waals surface area contributed by atoms with E-state index in [9.17, 15) is 0 Å². The first kappa shape index (κ1) is 6.99. The van der Waals surface area contributed by atoms with Crippen molar-refractivity contribution in [3.63, 3.8) is 0 Å². The van der Waals surface area contributed by atoms with Crippen molar-refractivity contribution in [1.82, 2.24) is 15.3 Å². The van der Waals surface area contributed by atoms with Crippen LogP contribution in [0, 0.1) is 0 Å². The van der Waals surface area contributed by atoms with Crippen LogP contribution in [0.25, 0.3) is 0 Å². The SMILES string of the molecule is CCN(C)N1CCNC1. The molecule has 1 N–H and O–H groups in total. The predicted octanol–water partition coefficient (Wildman–Crippen LogP) is -0.284. The number of rotatable bonds is 2. The Labute approximate surface area is 56.6 Å². The van der Waals surface area contributed by atoms with Crippen LogP contribution in [0.15, 0.2) is 0 Å². The fourth-order valence-electron chi connectivity index (χ4n) is 0.987. The topological polar surface area (TPSA) is 18.5 Å². The van der Waals surface area contributed by atoms with E-state index >= 15 is 0 Å². The molecule has 0 aromatic carbocycles. The Bertz CT molecular complexity index is 78.4. The summed E-state index contributed by atoms with van der Waals surface area (Å²) in [5.74, 6) is 0. The fourth-order valence-corrected chi connectivity index (χ4v) is 0.987. The summed E-state index contributed by atoms with van der Waals surface area (Å²) in [7, 11) is 2.12. The predicted molar refractivity (Wildman–Crippen MR) is 37.9 cm³/mol. The van der Waals surface area contributed by atoms with Crippen LogP contribution in [0.2, 0.25) is 0 Å². The van der Waals surface area contributed by atoms with E-state index in [0.29, 0.717) is 0 Å². The summed E-state index contributed by atoms with van der Waals surface area (Å²) >= 11 is 0. The summed E-state index contributed by atoms with van der Waals surface area (Å²) in [5, 5.41) is 7.81. The molecule has 3 nitrogen and oxygen atoms in total. The smallest absolute Gasteiger partial charge is 0.0624 e. The van der Waals surface area contributed by atoms with Gasteiger partial charge in [0.1, 0.15) is 0 Å². The highest BCUT2D eigenvalue weighted by atomic mass is 15.6. The summed E-state index contributed by atoms with van der Waals surface area (Å²) in [6.45, 7) is 6.57. The first-order valence-corrected chi connectivity index (χ1v) is 3.51. The van der Waals surface area contributed by atoms with E-state index in [-0.39, 0.29) is 0 Å². The Hall–Kier alpha value is -0.120. The second kappa shape index (κ2) is 3.15. The maximum atomic E-state index is 3.27. The maximum Gasteiger partial charge on any atom is 0.0624 e. The molecule has 1 fully saturated rings. The summed E-state index contributed by atoms with van der Waals surface area (Å²) in [6.07, 6.45) is 0. The first-order chi connectivity index (χ1) is 4.34. The van der Waals surface area contributed by atoms with Crippen molar-refractivity contribution in [3.05, 3.63) is 0 Å². The van der Waals surface area contributed by atoms with E-state index in [1.165, 1.54) is 0 Å². The van der Waals surface area contributed by atoms with Crippen molar-refractivity contribution < 1.29 is 0 Å². The van der Waals surface area contributed by atoms with Gasteiger partial charge in [-0.05, 0) is 0 Å². The molecule has 3 heteroatoms. The highest BCUT2D eigenvalue weighted by molar-refractivity contribution is 4.61. The third-order valence-corrected chi connectivity index (χ3v) is 1.78. The van der Waals surface area contributed by atoms with Gasteiger partial charge in [0.15, 0.2) is 0 Å². The largest absolute Gasteiger partial charge is 0.302 e. The van der Waals surface area contributed by atoms with Gasteiger partial charge in [-0.25, -0.2) is 10.0 Å². The number of nitrogens with zero attached hydrogens (tertiary/aromatic N) is 2. The summed E-state index contributed by atoms with van der Waals surface area (Å²) < 4.78 is 0. The molecule has 0 aliphatic carbocycles. The molecule has 54 valence electrons. The van der Waals surface area contributed by atoms with Crippen molar-refractivity contribution in [3.8, 4) is 0 Å². The summed E-state index contributed by atoms with van der Waals surface area (Å²) in [5.41, 5.74) is 0. The van der Waals surface area contributed by atoms with Gasteiger partial charge in [-0.2, -0.15) is 0 Å². The molecule has 1 saturated heterocycles. The van der Waals surface area contributed by atoms with Crippen LogP contribution in [0.1, 0.15) is 6.92 Å². The van der Waals surface area contributed by atoms with Gasteiger partial charge in [-0.15, -0.1) is 0 Å².